The first kappa shape index (κ1) is 18.3. The first-order valence-corrected chi connectivity index (χ1v) is 10.7. The lowest BCUT2D eigenvalue weighted by Gasteiger charge is -2.37. The molecule has 0 atom stereocenters. The number of hydrogen-bond donors (Lipinski definition) is 0. The van der Waals surface area contributed by atoms with Gasteiger partial charge < -0.3 is 4.90 Å². The van der Waals surface area contributed by atoms with Crippen molar-refractivity contribution in [3.8, 4) is 11.3 Å². The van der Waals surface area contributed by atoms with Crippen LogP contribution in [-0.2, 0) is 12.8 Å². The molecular formula is C25H27N3O. The fourth-order valence-corrected chi connectivity index (χ4v) is 4.79. The zero-order valence-corrected chi connectivity index (χ0v) is 17.2. The van der Waals surface area contributed by atoms with Gasteiger partial charge >= 0.3 is 0 Å². The number of piperazine rings is 1. The standard InChI is InChI=1S/C25H27N3O/c1-17(2)27-13-15-28(16-14-27)25(29)23-20-9-5-6-10-22(20)26-24-19-8-4-3-7-18(19)11-12-21(23)24/h3-10,17H,11-16H2,1-2H3. The number of rotatable bonds is 2. The van der Waals surface area contributed by atoms with Crippen molar-refractivity contribution in [3.63, 3.8) is 0 Å². The maximum absolute atomic E-state index is 13.8. The number of pyridine rings is 1. The molecule has 2 heterocycles. The molecule has 4 heteroatoms. The van der Waals surface area contributed by atoms with E-state index in [-0.39, 0.29) is 5.91 Å². The van der Waals surface area contributed by atoms with Gasteiger partial charge in [0.15, 0.2) is 0 Å². The van der Waals surface area contributed by atoms with Crippen molar-refractivity contribution in [2.24, 2.45) is 0 Å². The van der Waals surface area contributed by atoms with E-state index < -0.39 is 0 Å². The van der Waals surface area contributed by atoms with E-state index in [1.807, 2.05) is 23.1 Å². The highest BCUT2D eigenvalue weighted by molar-refractivity contribution is 6.09. The number of carbonyl (C=O) groups excluding carboxylic acids is 1. The number of aromatic nitrogens is 1. The number of aryl methyl sites for hydroxylation is 1. The second-order valence-corrected chi connectivity index (χ2v) is 8.41. The van der Waals surface area contributed by atoms with Gasteiger partial charge in [0.1, 0.15) is 0 Å². The van der Waals surface area contributed by atoms with Crippen molar-refractivity contribution < 1.29 is 4.79 Å². The second kappa shape index (κ2) is 7.27. The zero-order valence-electron chi connectivity index (χ0n) is 17.2. The quantitative estimate of drug-likeness (QED) is 0.664. The van der Waals surface area contributed by atoms with Gasteiger partial charge in [-0.3, -0.25) is 9.69 Å². The first-order chi connectivity index (χ1) is 14.1. The minimum Gasteiger partial charge on any atom is -0.336 e. The average molecular weight is 386 g/mol. The van der Waals surface area contributed by atoms with Crippen LogP contribution in [-0.4, -0.2) is 52.9 Å². The number of benzene rings is 2. The van der Waals surface area contributed by atoms with Gasteiger partial charge in [-0.25, -0.2) is 4.98 Å². The van der Waals surface area contributed by atoms with Crippen molar-refractivity contribution in [3.05, 3.63) is 65.2 Å². The predicted molar refractivity (Wildman–Crippen MR) is 117 cm³/mol. The highest BCUT2D eigenvalue weighted by Gasteiger charge is 2.30. The van der Waals surface area contributed by atoms with Gasteiger partial charge in [-0.1, -0.05) is 42.5 Å². The lowest BCUT2D eigenvalue weighted by Crippen LogP contribution is -2.50. The summed E-state index contributed by atoms with van der Waals surface area (Å²) in [6.45, 7) is 7.91. The summed E-state index contributed by atoms with van der Waals surface area (Å²) in [5, 5.41) is 0.988. The van der Waals surface area contributed by atoms with E-state index in [0.29, 0.717) is 6.04 Å². The Hall–Kier alpha value is -2.72. The van der Waals surface area contributed by atoms with Gasteiger partial charge in [0.25, 0.3) is 5.91 Å². The third-order valence-electron chi connectivity index (χ3n) is 6.46. The minimum atomic E-state index is 0.169. The Labute approximate surface area is 172 Å². The van der Waals surface area contributed by atoms with Crippen LogP contribution in [0.3, 0.4) is 0 Å². The first-order valence-electron chi connectivity index (χ1n) is 10.7. The molecule has 1 aliphatic heterocycles. The van der Waals surface area contributed by atoms with E-state index in [1.165, 1.54) is 11.1 Å². The maximum Gasteiger partial charge on any atom is 0.254 e. The zero-order chi connectivity index (χ0) is 20.0. The Kier molecular flexibility index (Phi) is 4.59. The van der Waals surface area contributed by atoms with E-state index >= 15 is 0 Å². The van der Waals surface area contributed by atoms with E-state index in [0.717, 1.165) is 66.7 Å². The summed E-state index contributed by atoms with van der Waals surface area (Å²) in [6.07, 6.45) is 1.84. The molecule has 1 aliphatic carbocycles. The molecule has 148 valence electrons. The average Bonchev–Trinajstić information content (AvgIpc) is 2.77. The van der Waals surface area contributed by atoms with Crippen molar-refractivity contribution in [1.29, 1.82) is 0 Å². The van der Waals surface area contributed by atoms with Crippen LogP contribution in [0, 0.1) is 0 Å². The smallest absolute Gasteiger partial charge is 0.254 e. The molecule has 0 radical (unpaired) electrons. The van der Waals surface area contributed by atoms with Crippen LogP contribution in [0.5, 0.6) is 0 Å². The monoisotopic (exact) mass is 385 g/mol. The van der Waals surface area contributed by atoms with Crippen LogP contribution in [0.25, 0.3) is 22.2 Å². The van der Waals surface area contributed by atoms with Crippen molar-refractivity contribution in [2.75, 3.05) is 26.2 Å². The summed E-state index contributed by atoms with van der Waals surface area (Å²) in [5.74, 6) is 0.169. The fourth-order valence-electron chi connectivity index (χ4n) is 4.79. The van der Waals surface area contributed by atoms with Crippen LogP contribution < -0.4 is 0 Å². The summed E-state index contributed by atoms with van der Waals surface area (Å²) in [5.41, 5.74) is 6.41. The Morgan fingerprint density at radius 3 is 2.45 bits per heavy atom. The highest BCUT2D eigenvalue weighted by Crippen LogP contribution is 2.37. The van der Waals surface area contributed by atoms with Gasteiger partial charge in [0.2, 0.25) is 0 Å². The summed E-state index contributed by atoms with van der Waals surface area (Å²) in [7, 11) is 0. The molecule has 2 aromatic carbocycles. The molecule has 5 rings (SSSR count). The van der Waals surface area contributed by atoms with Crippen molar-refractivity contribution in [1.82, 2.24) is 14.8 Å². The third kappa shape index (κ3) is 3.12. The number of para-hydroxylation sites is 1. The van der Waals surface area contributed by atoms with Crippen molar-refractivity contribution in [2.45, 2.75) is 32.7 Å². The second-order valence-electron chi connectivity index (χ2n) is 8.41. The summed E-state index contributed by atoms with van der Waals surface area (Å²) >= 11 is 0. The molecule has 0 spiro atoms. The van der Waals surface area contributed by atoms with Crippen LogP contribution in [0.15, 0.2) is 48.5 Å². The van der Waals surface area contributed by atoms with Crippen LogP contribution in [0.2, 0.25) is 0 Å². The van der Waals surface area contributed by atoms with Gasteiger partial charge in [0, 0.05) is 43.2 Å². The number of amides is 1. The van der Waals surface area contributed by atoms with E-state index in [2.05, 4.69) is 49.1 Å². The molecular weight excluding hydrogens is 358 g/mol. The molecule has 0 bridgehead atoms. The Bertz CT molecular complexity index is 1080. The predicted octanol–water partition coefficient (Wildman–Crippen LogP) is 4.17. The topological polar surface area (TPSA) is 36.4 Å². The molecule has 0 saturated carbocycles. The largest absolute Gasteiger partial charge is 0.336 e. The molecule has 1 aromatic heterocycles. The lowest BCUT2D eigenvalue weighted by atomic mass is 9.85. The number of fused-ring (bicyclic) bond motifs is 4. The molecule has 2 aliphatic rings. The SMILES string of the molecule is CC(C)N1CCN(C(=O)c2c3c(nc4ccccc24)-c2ccccc2CC3)CC1. The Morgan fingerprint density at radius 2 is 1.66 bits per heavy atom. The van der Waals surface area contributed by atoms with E-state index in [4.69, 9.17) is 4.98 Å². The Morgan fingerprint density at radius 1 is 0.931 bits per heavy atom. The molecule has 1 amide bonds. The molecule has 1 fully saturated rings. The van der Waals surface area contributed by atoms with Crippen LogP contribution in [0.4, 0.5) is 0 Å². The highest BCUT2D eigenvalue weighted by atomic mass is 16.2. The minimum absolute atomic E-state index is 0.169. The van der Waals surface area contributed by atoms with Crippen LogP contribution >= 0.6 is 0 Å². The van der Waals surface area contributed by atoms with Gasteiger partial charge in [-0.15, -0.1) is 0 Å². The number of carbonyl (C=O) groups is 1. The fraction of sp³-hybridized carbons (Fsp3) is 0.360. The van der Waals surface area contributed by atoms with Gasteiger partial charge in [-0.2, -0.15) is 0 Å². The Balaban J connectivity index is 1.62. The van der Waals surface area contributed by atoms with Gasteiger partial charge in [0.05, 0.1) is 16.8 Å². The van der Waals surface area contributed by atoms with Crippen LogP contribution in [0.1, 0.15) is 35.3 Å². The molecule has 29 heavy (non-hydrogen) atoms. The molecule has 0 unspecified atom stereocenters. The molecule has 3 aromatic rings. The molecule has 4 nitrogen and oxygen atoms in total. The number of hydrogen-bond acceptors (Lipinski definition) is 3. The third-order valence-corrected chi connectivity index (χ3v) is 6.46. The maximum atomic E-state index is 13.8. The summed E-state index contributed by atoms with van der Waals surface area (Å²) in [4.78, 5) is 23.2. The summed E-state index contributed by atoms with van der Waals surface area (Å²) in [6, 6.07) is 17.1. The summed E-state index contributed by atoms with van der Waals surface area (Å²) < 4.78 is 0. The molecule has 1 saturated heterocycles. The van der Waals surface area contributed by atoms with E-state index in [9.17, 15) is 4.79 Å². The lowest BCUT2D eigenvalue weighted by molar-refractivity contribution is 0.0596. The van der Waals surface area contributed by atoms with Gasteiger partial charge in [-0.05, 0) is 43.9 Å². The molecule has 0 N–H and O–H groups in total. The number of nitrogens with zero attached hydrogens (tertiary/aromatic N) is 3. The normalized spacial score (nSPS) is 16.7. The van der Waals surface area contributed by atoms with Crippen molar-refractivity contribution >= 4 is 16.8 Å². The van der Waals surface area contributed by atoms with E-state index in [1.54, 1.807) is 0 Å².